The van der Waals surface area contributed by atoms with Gasteiger partial charge in [-0.3, -0.25) is 0 Å². The molecular formula is C13H30I3N. The van der Waals surface area contributed by atoms with Crippen LogP contribution in [0, 0.1) is 0 Å². The Balaban J connectivity index is 0. The molecule has 0 fully saturated rings. The van der Waals surface area contributed by atoms with Crippen LogP contribution in [-0.2, 0) is 0 Å². The van der Waals surface area contributed by atoms with Crippen LogP contribution in [0.15, 0.2) is 0 Å². The third-order valence-corrected chi connectivity index (χ3v) is 3.15. The van der Waals surface area contributed by atoms with Gasteiger partial charge in [0.05, 0.1) is 26.7 Å². The Morgan fingerprint density at radius 2 is 1.00 bits per heavy atom. The van der Waals surface area contributed by atoms with Crippen molar-refractivity contribution in [1.29, 1.82) is 0 Å². The zero-order chi connectivity index (χ0) is 13.6. The van der Waals surface area contributed by atoms with Crippen LogP contribution in [0.25, 0.3) is 0 Å². The van der Waals surface area contributed by atoms with Crippen LogP contribution in [-0.4, -0.2) is 31.2 Å². The zero-order valence-electron chi connectivity index (χ0n) is 11.9. The second-order valence-corrected chi connectivity index (χ2v) is 21.2. The van der Waals surface area contributed by atoms with Gasteiger partial charge in [-0.1, -0.05) is 40.0 Å². The first kappa shape index (κ1) is 21.4. The summed E-state index contributed by atoms with van der Waals surface area (Å²) in [4.78, 5) is 0. The predicted octanol–water partition coefficient (Wildman–Crippen LogP) is 2.61. The first-order chi connectivity index (χ1) is 8.10. The van der Waals surface area contributed by atoms with Crippen molar-refractivity contribution in [3.05, 3.63) is 0 Å². The second kappa shape index (κ2) is 16.2. The van der Waals surface area contributed by atoms with Crippen molar-refractivity contribution in [2.24, 2.45) is 0 Å². The number of hydrogen-bond acceptors (Lipinski definition) is 0. The van der Waals surface area contributed by atoms with E-state index in [1.165, 1.54) is 62.6 Å². The molecule has 17 heavy (non-hydrogen) atoms. The number of hydrogen-bond donors (Lipinski definition) is 0. The molecule has 0 aromatic rings. The number of rotatable bonds is 9. The van der Waals surface area contributed by atoms with Crippen LogP contribution in [0.3, 0.4) is 0 Å². The summed E-state index contributed by atoms with van der Waals surface area (Å²) in [5.74, 6) is 0. The van der Waals surface area contributed by atoms with E-state index in [9.17, 15) is 0 Å². The van der Waals surface area contributed by atoms with E-state index in [1.54, 1.807) is 0 Å². The molecule has 108 valence electrons. The fraction of sp³-hybridized carbons (Fsp3) is 1.00. The Morgan fingerprint density at radius 1 is 0.765 bits per heavy atom. The van der Waals surface area contributed by atoms with Crippen molar-refractivity contribution >= 4 is 37.2 Å². The van der Waals surface area contributed by atoms with Crippen LogP contribution in [0.1, 0.15) is 59.3 Å². The van der Waals surface area contributed by atoms with Crippen molar-refractivity contribution in [3.63, 3.8) is 0 Å². The van der Waals surface area contributed by atoms with Gasteiger partial charge >= 0.3 is 50.5 Å². The zero-order valence-corrected chi connectivity index (χ0v) is 18.4. The summed E-state index contributed by atoms with van der Waals surface area (Å²) in [5.41, 5.74) is 0. The van der Waals surface area contributed by atoms with Crippen LogP contribution in [0.5, 0.6) is 0 Å². The molecule has 0 amide bonds. The van der Waals surface area contributed by atoms with Crippen molar-refractivity contribution < 1.29 is 17.7 Å². The summed E-state index contributed by atoms with van der Waals surface area (Å²) in [6.45, 7) is 11.0. The van der Waals surface area contributed by atoms with Gasteiger partial charge in [0.25, 0.3) is 0 Å². The molecule has 0 aromatic heterocycles. The molecule has 0 radical (unpaired) electrons. The Hall–Kier alpha value is 2.15. The topological polar surface area (TPSA) is 0 Å². The monoisotopic (exact) mass is 581 g/mol. The minimum absolute atomic E-state index is 0.530. The Bertz CT molecular complexity index is 121. The first-order valence-electron chi connectivity index (χ1n) is 6.80. The second-order valence-electron chi connectivity index (χ2n) is 4.90. The molecule has 0 aliphatic carbocycles. The molecule has 0 heterocycles. The van der Waals surface area contributed by atoms with Gasteiger partial charge in [-0.15, -0.1) is 0 Å². The molecular weight excluding hydrogens is 551 g/mol. The molecule has 4 heteroatoms. The predicted molar refractivity (Wildman–Crippen MR) is 93.5 cm³/mol. The molecule has 0 bridgehead atoms. The van der Waals surface area contributed by atoms with E-state index in [-0.39, 0.29) is 0 Å². The Labute approximate surface area is 139 Å². The van der Waals surface area contributed by atoms with Crippen LogP contribution in [0.2, 0.25) is 0 Å². The van der Waals surface area contributed by atoms with Gasteiger partial charge in [0, 0.05) is 0 Å². The summed E-state index contributed by atoms with van der Waals surface area (Å²) < 4.78 is 1.32. The van der Waals surface area contributed by atoms with Gasteiger partial charge in [0.1, 0.15) is 0 Å². The van der Waals surface area contributed by atoms with E-state index in [2.05, 4.69) is 65.1 Å². The maximum absolute atomic E-state index is 2.45. The molecule has 0 rings (SSSR count). The van der Waals surface area contributed by atoms with E-state index >= 15 is 0 Å². The summed E-state index contributed by atoms with van der Waals surface area (Å²) >= 11 is 5.30. The summed E-state index contributed by atoms with van der Waals surface area (Å²) in [5, 5.41) is 0. The molecule has 0 unspecified atom stereocenters. The van der Waals surface area contributed by atoms with E-state index in [0.717, 1.165) is 0 Å². The minimum atomic E-state index is 0.530. The normalized spacial score (nSPS) is 11.2. The molecule has 1 nitrogen and oxygen atoms in total. The number of halogens is 3. The van der Waals surface area contributed by atoms with Crippen molar-refractivity contribution in [2.75, 3.05) is 26.7 Å². The molecule has 0 saturated heterocycles. The average molecular weight is 581 g/mol. The molecule has 0 aromatic carbocycles. The van der Waals surface area contributed by atoms with Crippen LogP contribution in [0.4, 0.5) is 0 Å². The number of nitrogens with zero attached hydrogens (tertiary/aromatic N) is 1. The quantitative estimate of drug-likeness (QED) is 0.291. The molecule has 0 spiro atoms. The van der Waals surface area contributed by atoms with Crippen LogP contribution >= 0.6 is 37.2 Å². The molecule has 0 aliphatic heterocycles. The fourth-order valence-electron chi connectivity index (χ4n) is 1.95. The number of quaternary nitrogens is 1. The third kappa shape index (κ3) is 16.1. The van der Waals surface area contributed by atoms with Gasteiger partial charge in [0.15, 0.2) is 0 Å². The van der Waals surface area contributed by atoms with Crippen molar-refractivity contribution in [1.82, 2.24) is 0 Å². The molecule has 0 N–H and O–H groups in total. The van der Waals surface area contributed by atoms with Gasteiger partial charge in [-0.2, -0.15) is 0 Å². The van der Waals surface area contributed by atoms with Crippen LogP contribution < -0.4 is 13.3 Å². The fourth-order valence-corrected chi connectivity index (χ4v) is 1.95. The van der Waals surface area contributed by atoms with Gasteiger partial charge in [-0.25, -0.2) is 0 Å². The van der Waals surface area contributed by atoms with E-state index in [4.69, 9.17) is 0 Å². The van der Waals surface area contributed by atoms with E-state index in [1.807, 2.05) is 0 Å². The van der Waals surface area contributed by atoms with E-state index < -0.39 is 0 Å². The SMILES string of the molecule is CCCC[N+](C)(CCCC)CCCC.I[I-]I. The van der Waals surface area contributed by atoms with E-state index in [0.29, 0.717) is 13.3 Å². The van der Waals surface area contributed by atoms with Crippen molar-refractivity contribution in [2.45, 2.75) is 59.3 Å². The number of unbranched alkanes of at least 4 members (excludes halogenated alkanes) is 3. The first-order valence-corrected chi connectivity index (χ1v) is 19.4. The van der Waals surface area contributed by atoms with Gasteiger partial charge < -0.3 is 4.48 Å². The summed E-state index contributed by atoms with van der Waals surface area (Å²) in [7, 11) is 2.45. The average Bonchev–Trinajstić information content (AvgIpc) is 2.33. The summed E-state index contributed by atoms with van der Waals surface area (Å²) in [6.07, 6.45) is 8.20. The molecule has 0 aliphatic rings. The maximum atomic E-state index is 2.45. The van der Waals surface area contributed by atoms with Gasteiger partial charge in [-0.05, 0) is 19.3 Å². The summed E-state index contributed by atoms with van der Waals surface area (Å²) in [6, 6.07) is 0. The van der Waals surface area contributed by atoms with Gasteiger partial charge in [0.2, 0.25) is 0 Å². The standard InChI is InChI=1S/C13H30N.I3/c1-5-8-11-14(4,12-9-6-2)13-10-7-3;1-3-2/h5-13H2,1-4H3;/q+1;-1. The Morgan fingerprint density at radius 3 is 1.18 bits per heavy atom. The molecule has 0 atom stereocenters. The third-order valence-electron chi connectivity index (χ3n) is 3.15. The molecule has 0 saturated carbocycles. The Kier molecular flexibility index (Phi) is 20.4. The van der Waals surface area contributed by atoms with Crippen molar-refractivity contribution in [3.8, 4) is 0 Å².